The molecule has 6 nitrogen and oxygen atoms in total. The van der Waals surface area contributed by atoms with E-state index in [1.54, 1.807) is 36.2 Å². The molecule has 0 saturated heterocycles. The average Bonchev–Trinajstić information content (AvgIpc) is 3.08. The molecule has 0 aliphatic heterocycles. The highest BCUT2D eigenvalue weighted by Gasteiger charge is 2.13. The van der Waals surface area contributed by atoms with Crippen LogP contribution in [0.4, 0.5) is 0 Å². The van der Waals surface area contributed by atoms with Gasteiger partial charge in [0.25, 0.3) is 5.91 Å². The van der Waals surface area contributed by atoms with Crippen molar-refractivity contribution in [3.05, 3.63) is 59.9 Å². The quantitative estimate of drug-likeness (QED) is 0.663. The Morgan fingerprint density at radius 2 is 1.85 bits per heavy atom. The minimum atomic E-state index is -0.154. The van der Waals surface area contributed by atoms with Gasteiger partial charge in [-0.2, -0.15) is 0 Å². The topological polar surface area (TPSA) is 75.3 Å². The first-order valence-electron chi connectivity index (χ1n) is 8.50. The number of benzene rings is 2. The minimum Gasteiger partial charge on any atom is -0.484 e. The average molecular weight is 351 g/mol. The predicted molar refractivity (Wildman–Crippen MR) is 99.1 cm³/mol. The summed E-state index contributed by atoms with van der Waals surface area (Å²) in [5.74, 6) is 1.21. The summed E-state index contributed by atoms with van der Waals surface area (Å²) in [6, 6.07) is 14.6. The molecular weight excluding hydrogens is 330 g/mol. The number of imidazole rings is 1. The van der Waals surface area contributed by atoms with E-state index in [1.807, 2.05) is 31.2 Å². The number of ether oxygens (including phenoxy) is 1. The highest BCUT2D eigenvalue weighted by atomic mass is 16.5. The van der Waals surface area contributed by atoms with Gasteiger partial charge < -0.3 is 14.6 Å². The zero-order valence-corrected chi connectivity index (χ0v) is 14.9. The van der Waals surface area contributed by atoms with Crippen molar-refractivity contribution in [2.45, 2.75) is 19.9 Å². The molecule has 3 aromatic rings. The fourth-order valence-corrected chi connectivity index (χ4v) is 2.59. The van der Waals surface area contributed by atoms with Gasteiger partial charge in [-0.25, -0.2) is 4.98 Å². The number of aromatic amines is 1. The number of aromatic nitrogens is 2. The second-order valence-electron chi connectivity index (χ2n) is 6.04. The van der Waals surface area contributed by atoms with Gasteiger partial charge in [0, 0.05) is 19.0 Å². The van der Waals surface area contributed by atoms with Crippen molar-refractivity contribution in [1.82, 2.24) is 14.9 Å². The summed E-state index contributed by atoms with van der Waals surface area (Å²) in [4.78, 5) is 33.1. The number of H-pyrrole nitrogens is 1. The molecule has 0 unspecified atom stereocenters. The highest BCUT2D eigenvalue weighted by molar-refractivity contribution is 5.95. The van der Waals surface area contributed by atoms with Gasteiger partial charge in [-0.15, -0.1) is 0 Å². The van der Waals surface area contributed by atoms with E-state index in [0.717, 1.165) is 16.9 Å². The Bertz CT molecular complexity index is 882. The molecule has 134 valence electrons. The Labute approximate surface area is 151 Å². The maximum Gasteiger partial charge on any atom is 0.260 e. The molecule has 0 saturated carbocycles. The molecule has 0 fully saturated rings. The molecule has 1 aromatic heterocycles. The Morgan fingerprint density at radius 3 is 2.54 bits per heavy atom. The van der Waals surface area contributed by atoms with Crippen molar-refractivity contribution < 1.29 is 14.3 Å². The van der Waals surface area contributed by atoms with E-state index < -0.39 is 0 Å². The lowest BCUT2D eigenvalue weighted by Crippen LogP contribution is -2.31. The van der Waals surface area contributed by atoms with Gasteiger partial charge in [0.05, 0.1) is 17.6 Å². The Hall–Kier alpha value is -3.15. The third-order valence-corrected chi connectivity index (χ3v) is 4.11. The number of hydrogen-bond donors (Lipinski definition) is 1. The minimum absolute atomic E-state index is 0.0716. The molecule has 26 heavy (non-hydrogen) atoms. The van der Waals surface area contributed by atoms with E-state index in [4.69, 9.17) is 4.74 Å². The van der Waals surface area contributed by atoms with E-state index in [2.05, 4.69) is 9.97 Å². The number of carbonyl (C=O) groups excluding carboxylic acids is 2. The summed E-state index contributed by atoms with van der Waals surface area (Å²) in [5.41, 5.74) is 2.47. The van der Waals surface area contributed by atoms with Crippen LogP contribution in [0.25, 0.3) is 11.0 Å². The number of rotatable bonds is 7. The summed E-state index contributed by atoms with van der Waals surface area (Å²) in [5, 5.41) is 0. The molecule has 0 bridgehead atoms. The molecule has 6 heteroatoms. The van der Waals surface area contributed by atoms with E-state index in [9.17, 15) is 9.59 Å². The number of nitrogens with one attached hydrogen (secondary N) is 1. The molecule has 0 atom stereocenters. The lowest BCUT2D eigenvalue weighted by Gasteiger charge is -2.16. The summed E-state index contributed by atoms with van der Waals surface area (Å²) >= 11 is 0. The van der Waals surface area contributed by atoms with Crippen LogP contribution in [0.2, 0.25) is 0 Å². The first kappa shape index (κ1) is 17.7. The first-order chi connectivity index (χ1) is 12.6. The maximum absolute atomic E-state index is 12.3. The molecule has 2 aromatic carbocycles. The Morgan fingerprint density at radius 1 is 1.12 bits per heavy atom. The van der Waals surface area contributed by atoms with Gasteiger partial charge >= 0.3 is 0 Å². The third kappa shape index (κ3) is 4.08. The summed E-state index contributed by atoms with van der Waals surface area (Å²) < 4.78 is 5.52. The van der Waals surface area contributed by atoms with E-state index in [1.165, 1.54) is 0 Å². The first-order valence-corrected chi connectivity index (χ1v) is 8.50. The fourth-order valence-electron chi connectivity index (χ4n) is 2.59. The molecule has 3 rings (SSSR count). The van der Waals surface area contributed by atoms with Crippen LogP contribution in [-0.4, -0.2) is 40.2 Å². The van der Waals surface area contributed by atoms with Gasteiger partial charge in [0.1, 0.15) is 11.6 Å². The number of carbonyl (C=O) groups is 2. The highest BCUT2D eigenvalue weighted by Crippen LogP contribution is 2.14. The largest absolute Gasteiger partial charge is 0.484 e. The van der Waals surface area contributed by atoms with Crippen LogP contribution in [0.5, 0.6) is 5.75 Å². The predicted octanol–water partition coefficient (Wildman–Crippen LogP) is 3.19. The molecular formula is C20H21N3O3. The lowest BCUT2D eigenvalue weighted by molar-refractivity contribution is -0.132. The number of hydrogen-bond acceptors (Lipinski definition) is 4. The van der Waals surface area contributed by atoms with Crippen LogP contribution in [0.3, 0.4) is 0 Å². The normalized spacial score (nSPS) is 10.7. The number of likely N-dealkylation sites (N-methyl/N-ethyl adjacent to an activating group) is 1. The molecule has 1 N–H and O–H groups in total. The number of ketones is 1. The number of para-hydroxylation sites is 2. The van der Waals surface area contributed by atoms with Crippen molar-refractivity contribution in [1.29, 1.82) is 0 Å². The smallest absolute Gasteiger partial charge is 0.260 e. The second kappa shape index (κ2) is 7.82. The molecule has 0 aliphatic carbocycles. The molecule has 1 amide bonds. The van der Waals surface area contributed by atoms with Crippen LogP contribution in [0.15, 0.2) is 48.5 Å². The maximum atomic E-state index is 12.3. The fraction of sp³-hybridized carbons (Fsp3) is 0.250. The number of Topliss-reactive ketones (excluding diaryl/α,β-unsaturated/α-hetero) is 1. The van der Waals surface area contributed by atoms with Crippen molar-refractivity contribution >= 4 is 22.7 Å². The van der Waals surface area contributed by atoms with Crippen molar-refractivity contribution in [3.8, 4) is 5.75 Å². The van der Waals surface area contributed by atoms with Crippen molar-refractivity contribution in [3.63, 3.8) is 0 Å². The number of nitrogens with zero attached hydrogens (tertiary/aromatic N) is 2. The van der Waals surface area contributed by atoms with Gasteiger partial charge in [-0.1, -0.05) is 19.1 Å². The van der Waals surface area contributed by atoms with Gasteiger partial charge in [-0.3, -0.25) is 9.59 Å². The zero-order valence-electron chi connectivity index (χ0n) is 14.9. The lowest BCUT2D eigenvalue weighted by atomic mass is 10.1. The van der Waals surface area contributed by atoms with E-state index in [0.29, 0.717) is 24.3 Å². The zero-order chi connectivity index (χ0) is 18.5. The van der Waals surface area contributed by atoms with Gasteiger partial charge in [0.15, 0.2) is 12.4 Å². The molecule has 0 spiro atoms. The summed E-state index contributed by atoms with van der Waals surface area (Å²) in [6.07, 6.45) is 0.464. The van der Waals surface area contributed by atoms with E-state index >= 15 is 0 Å². The Kier molecular flexibility index (Phi) is 5.31. The van der Waals surface area contributed by atoms with Gasteiger partial charge in [-0.05, 0) is 36.4 Å². The number of amides is 1. The van der Waals surface area contributed by atoms with Crippen LogP contribution < -0.4 is 4.74 Å². The third-order valence-electron chi connectivity index (χ3n) is 4.11. The SMILES string of the molecule is CCC(=O)c1ccc(OCC(=O)N(C)Cc2nc3ccccc3[nH]2)cc1. The van der Waals surface area contributed by atoms with Crippen molar-refractivity contribution in [2.24, 2.45) is 0 Å². The van der Waals surface area contributed by atoms with Crippen LogP contribution in [-0.2, 0) is 11.3 Å². The van der Waals surface area contributed by atoms with Crippen LogP contribution >= 0.6 is 0 Å². The monoisotopic (exact) mass is 351 g/mol. The molecule has 1 heterocycles. The van der Waals surface area contributed by atoms with Crippen LogP contribution in [0.1, 0.15) is 29.5 Å². The Balaban J connectivity index is 1.54. The van der Waals surface area contributed by atoms with Crippen molar-refractivity contribution in [2.75, 3.05) is 13.7 Å². The molecule has 0 aliphatic rings. The summed E-state index contributed by atoms with van der Waals surface area (Å²) in [6.45, 7) is 2.13. The second-order valence-corrected chi connectivity index (χ2v) is 6.04. The summed E-state index contributed by atoms with van der Waals surface area (Å²) in [7, 11) is 1.71. The molecule has 0 radical (unpaired) electrons. The van der Waals surface area contributed by atoms with Crippen LogP contribution in [0, 0.1) is 0 Å². The standard InChI is InChI=1S/C20H21N3O3/c1-3-18(24)14-8-10-15(11-9-14)26-13-20(25)23(2)12-19-21-16-6-4-5-7-17(16)22-19/h4-11H,3,12-13H2,1-2H3,(H,21,22). The van der Waals surface area contributed by atoms with Gasteiger partial charge in [0.2, 0.25) is 0 Å². The van der Waals surface area contributed by atoms with E-state index in [-0.39, 0.29) is 18.3 Å². The number of fused-ring (bicyclic) bond motifs is 1.